The molecular formula is C7H15NS2. The van der Waals surface area contributed by atoms with Crippen LogP contribution in [0.1, 0.15) is 27.2 Å². The summed E-state index contributed by atoms with van der Waals surface area (Å²) in [7, 11) is 3.89. The Morgan fingerprint density at radius 1 is 1.30 bits per heavy atom. The van der Waals surface area contributed by atoms with Gasteiger partial charge in [0.15, 0.2) is 0 Å². The lowest BCUT2D eigenvalue weighted by molar-refractivity contribution is 0.276. The van der Waals surface area contributed by atoms with Crippen molar-refractivity contribution in [2.45, 2.75) is 32.7 Å². The summed E-state index contributed by atoms with van der Waals surface area (Å²) in [5.41, 5.74) is 0.345. The average Bonchev–Trinajstić information content (AvgIpc) is 1.88. The molecule has 0 saturated carbocycles. The van der Waals surface area contributed by atoms with Crippen LogP contribution in [0, 0.1) is 0 Å². The SMILES string of the molecule is CC(C)(C)N1CCCSS1. The second-order valence-electron chi connectivity index (χ2n) is 3.52. The topological polar surface area (TPSA) is 3.24 Å². The first-order valence-corrected chi connectivity index (χ1v) is 5.95. The molecule has 0 aliphatic carbocycles. The second kappa shape index (κ2) is 3.37. The van der Waals surface area contributed by atoms with Gasteiger partial charge in [0, 0.05) is 17.8 Å². The van der Waals surface area contributed by atoms with E-state index in [9.17, 15) is 0 Å². The molecule has 0 bridgehead atoms. The lowest BCUT2D eigenvalue weighted by atomic mass is 10.1. The van der Waals surface area contributed by atoms with Crippen molar-refractivity contribution in [1.82, 2.24) is 4.31 Å². The molecule has 0 aromatic carbocycles. The van der Waals surface area contributed by atoms with Gasteiger partial charge in [-0.3, -0.25) is 0 Å². The maximum atomic E-state index is 2.46. The monoisotopic (exact) mass is 177 g/mol. The first-order valence-electron chi connectivity index (χ1n) is 3.68. The van der Waals surface area contributed by atoms with Crippen molar-refractivity contribution in [2.75, 3.05) is 12.3 Å². The van der Waals surface area contributed by atoms with Crippen LogP contribution in [0.2, 0.25) is 0 Å². The first kappa shape index (κ1) is 8.75. The summed E-state index contributed by atoms with van der Waals surface area (Å²) >= 11 is 0. The number of rotatable bonds is 0. The molecule has 0 spiro atoms. The normalized spacial score (nSPS) is 23.1. The van der Waals surface area contributed by atoms with Gasteiger partial charge in [-0.25, -0.2) is 4.31 Å². The molecule has 0 aromatic rings. The Morgan fingerprint density at radius 2 is 2.00 bits per heavy atom. The van der Waals surface area contributed by atoms with E-state index in [2.05, 4.69) is 25.1 Å². The van der Waals surface area contributed by atoms with Gasteiger partial charge in [-0.2, -0.15) is 0 Å². The molecule has 1 heterocycles. The van der Waals surface area contributed by atoms with Crippen LogP contribution in [0.3, 0.4) is 0 Å². The molecule has 1 aliphatic heterocycles. The van der Waals surface area contributed by atoms with Gasteiger partial charge in [0.25, 0.3) is 0 Å². The van der Waals surface area contributed by atoms with Crippen molar-refractivity contribution in [3.63, 3.8) is 0 Å². The van der Waals surface area contributed by atoms with Crippen LogP contribution >= 0.6 is 21.8 Å². The van der Waals surface area contributed by atoms with Crippen LogP contribution in [0.15, 0.2) is 0 Å². The van der Waals surface area contributed by atoms with Crippen LogP contribution < -0.4 is 0 Å². The van der Waals surface area contributed by atoms with Gasteiger partial charge in [0.1, 0.15) is 0 Å². The molecule has 60 valence electrons. The Labute approximate surface area is 71.5 Å². The van der Waals surface area contributed by atoms with Gasteiger partial charge in [0.2, 0.25) is 0 Å². The van der Waals surface area contributed by atoms with Crippen molar-refractivity contribution < 1.29 is 0 Å². The highest BCUT2D eigenvalue weighted by atomic mass is 33.1. The van der Waals surface area contributed by atoms with Crippen LogP contribution in [0.5, 0.6) is 0 Å². The van der Waals surface area contributed by atoms with Crippen molar-refractivity contribution in [3.8, 4) is 0 Å². The minimum absolute atomic E-state index is 0.345. The molecule has 0 radical (unpaired) electrons. The van der Waals surface area contributed by atoms with Crippen LogP contribution in [0.25, 0.3) is 0 Å². The maximum Gasteiger partial charge on any atom is 0.0236 e. The van der Waals surface area contributed by atoms with E-state index in [0.29, 0.717) is 5.54 Å². The Morgan fingerprint density at radius 3 is 2.30 bits per heavy atom. The fourth-order valence-corrected chi connectivity index (χ4v) is 3.58. The van der Waals surface area contributed by atoms with Gasteiger partial charge >= 0.3 is 0 Å². The average molecular weight is 177 g/mol. The quantitative estimate of drug-likeness (QED) is 0.414. The molecule has 0 N–H and O–H groups in total. The smallest absolute Gasteiger partial charge is 0.0236 e. The highest BCUT2D eigenvalue weighted by Crippen LogP contribution is 2.36. The number of hydrogen-bond acceptors (Lipinski definition) is 3. The standard InChI is InChI=1S/C7H15NS2/c1-7(2,3)8-5-4-6-9-10-8/h4-6H2,1-3H3. The maximum absolute atomic E-state index is 2.46. The van der Waals surface area contributed by atoms with E-state index in [4.69, 9.17) is 0 Å². The highest BCUT2D eigenvalue weighted by Gasteiger charge is 2.23. The molecule has 1 aliphatic rings. The van der Waals surface area contributed by atoms with Crippen molar-refractivity contribution >= 4 is 21.8 Å². The van der Waals surface area contributed by atoms with E-state index in [1.807, 2.05) is 21.8 Å². The molecule has 1 saturated heterocycles. The summed E-state index contributed by atoms with van der Waals surface area (Å²) in [6.07, 6.45) is 1.34. The molecule has 0 aromatic heterocycles. The van der Waals surface area contributed by atoms with E-state index >= 15 is 0 Å². The summed E-state index contributed by atoms with van der Waals surface area (Å²) in [6.45, 7) is 8.06. The molecule has 0 amide bonds. The van der Waals surface area contributed by atoms with Crippen LogP contribution in [-0.4, -0.2) is 22.1 Å². The van der Waals surface area contributed by atoms with Crippen molar-refractivity contribution in [3.05, 3.63) is 0 Å². The molecule has 1 fully saturated rings. The summed E-state index contributed by atoms with van der Waals surface area (Å²) in [6, 6.07) is 0. The Kier molecular flexibility index (Phi) is 2.95. The predicted octanol–water partition coefficient (Wildman–Crippen LogP) is 2.79. The molecular weight excluding hydrogens is 162 g/mol. The van der Waals surface area contributed by atoms with Crippen molar-refractivity contribution in [1.29, 1.82) is 0 Å². The third-order valence-electron chi connectivity index (χ3n) is 1.48. The first-order chi connectivity index (χ1) is 4.61. The van der Waals surface area contributed by atoms with E-state index < -0.39 is 0 Å². The Balaban J connectivity index is 2.39. The molecule has 1 nitrogen and oxygen atoms in total. The van der Waals surface area contributed by atoms with Gasteiger partial charge in [-0.15, -0.1) is 0 Å². The Bertz CT molecular complexity index is 103. The molecule has 0 unspecified atom stereocenters. The summed E-state index contributed by atoms with van der Waals surface area (Å²) in [4.78, 5) is 0. The van der Waals surface area contributed by atoms with Crippen LogP contribution in [0.4, 0.5) is 0 Å². The number of nitrogens with zero attached hydrogens (tertiary/aromatic N) is 1. The van der Waals surface area contributed by atoms with Crippen LogP contribution in [-0.2, 0) is 0 Å². The van der Waals surface area contributed by atoms with E-state index in [0.717, 1.165) is 0 Å². The van der Waals surface area contributed by atoms with Gasteiger partial charge in [-0.05, 0) is 38.2 Å². The third kappa shape index (κ3) is 2.36. The second-order valence-corrected chi connectivity index (χ2v) is 5.91. The predicted molar refractivity (Wildman–Crippen MR) is 51.1 cm³/mol. The van der Waals surface area contributed by atoms with Gasteiger partial charge < -0.3 is 0 Å². The van der Waals surface area contributed by atoms with E-state index in [1.165, 1.54) is 18.7 Å². The van der Waals surface area contributed by atoms with Gasteiger partial charge in [-0.1, -0.05) is 10.8 Å². The minimum Gasteiger partial charge on any atom is -0.236 e. The third-order valence-corrected chi connectivity index (χ3v) is 4.31. The fourth-order valence-electron chi connectivity index (χ4n) is 0.852. The lowest BCUT2D eigenvalue weighted by Gasteiger charge is -2.36. The number of hydrogen-bond donors (Lipinski definition) is 0. The van der Waals surface area contributed by atoms with Crippen molar-refractivity contribution in [2.24, 2.45) is 0 Å². The largest absolute Gasteiger partial charge is 0.236 e. The zero-order valence-corrected chi connectivity index (χ0v) is 8.52. The Hall–Kier alpha value is 0.660. The zero-order chi connectivity index (χ0) is 7.61. The summed E-state index contributed by atoms with van der Waals surface area (Å²) < 4.78 is 2.46. The molecule has 1 rings (SSSR count). The van der Waals surface area contributed by atoms with E-state index in [1.54, 1.807) is 0 Å². The lowest BCUT2D eigenvalue weighted by Crippen LogP contribution is -2.37. The minimum atomic E-state index is 0.345. The highest BCUT2D eigenvalue weighted by molar-refractivity contribution is 8.75. The molecule has 0 atom stereocenters. The van der Waals surface area contributed by atoms with E-state index in [-0.39, 0.29) is 0 Å². The summed E-state index contributed by atoms with van der Waals surface area (Å²) in [5, 5.41) is 0. The zero-order valence-electron chi connectivity index (χ0n) is 6.89. The molecule has 3 heteroatoms. The molecule has 10 heavy (non-hydrogen) atoms. The van der Waals surface area contributed by atoms with Gasteiger partial charge in [0.05, 0.1) is 0 Å². The summed E-state index contributed by atoms with van der Waals surface area (Å²) in [5.74, 6) is 1.32. The fraction of sp³-hybridized carbons (Fsp3) is 1.00.